The monoisotopic (exact) mass is 521 g/mol. The Morgan fingerprint density at radius 3 is 2.53 bits per heavy atom. The predicted molar refractivity (Wildman–Crippen MR) is 138 cm³/mol. The van der Waals surface area contributed by atoms with Crippen molar-refractivity contribution in [1.82, 2.24) is 15.6 Å². The lowest BCUT2D eigenvalue weighted by molar-refractivity contribution is -0.136. The van der Waals surface area contributed by atoms with E-state index in [1.807, 2.05) is 42.5 Å². The summed E-state index contributed by atoms with van der Waals surface area (Å²) in [5.74, 6) is -0.827. The first-order chi connectivity index (χ1) is 17.5. The molecule has 182 valence electrons. The highest BCUT2D eigenvalue weighted by molar-refractivity contribution is 7.18. The van der Waals surface area contributed by atoms with E-state index in [1.54, 1.807) is 30.3 Å². The van der Waals surface area contributed by atoms with Crippen molar-refractivity contribution in [3.8, 4) is 22.1 Å². The molecular formula is C25H20ClN5O4S. The second-order valence-electron chi connectivity index (χ2n) is 7.26. The van der Waals surface area contributed by atoms with E-state index in [4.69, 9.17) is 21.1 Å². The van der Waals surface area contributed by atoms with Gasteiger partial charge < -0.3 is 9.47 Å². The van der Waals surface area contributed by atoms with Crippen molar-refractivity contribution >= 4 is 46.1 Å². The second kappa shape index (κ2) is 11.9. The average Bonchev–Trinajstić information content (AvgIpc) is 3.37. The van der Waals surface area contributed by atoms with E-state index in [1.165, 1.54) is 13.3 Å². The topological polar surface area (TPSA) is 115 Å². The van der Waals surface area contributed by atoms with E-state index < -0.39 is 11.8 Å². The van der Waals surface area contributed by atoms with Crippen molar-refractivity contribution in [2.75, 3.05) is 12.4 Å². The Labute approximate surface area is 215 Å². The van der Waals surface area contributed by atoms with Crippen LogP contribution in [0, 0.1) is 0 Å². The Hall–Kier alpha value is -4.28. The third kappa shape index (κ3) is 6.65. The number of methoxy groups -OCH3 is 1. The molecule has 0 atom stereocenters. The van der Waals surface area contributed by atoms with Gasteiger partial charge in [-0.15, -0.1) is 10.2 Å². The van der Waals surface area contributed by atoms with E-state index in [0.29, 0.717) is 33.7 Å². The molecule has 0 bridgehead atoms. The summed E-state index contributed by atoms with van der Waals surface area (Å²) < 4.78 is 11.2. The smallest absolute Gasteiger partial charge is 0.329 e. The summed E-state index contributed by atoms with van der Waals surface area (Å²) in [6.45, 7) is 0.341. The van der Waals surface area contributed by atoms with Crippen LogP contribution in [0.2, 0.25) is 5.02 Å². The molecule has 4 rings (SSSR count). The van der Waals surface area contributed by atoms with Gasteiger partial charge in [0, 0.05) is 10.6 Å². The standard InChI is InChI=1S/C25H20ClN5O4S/c1-34-21-13-17(9-12-20(21)35-15-16-7-10-19(26)11-8-16)14-27-29-23(33)22(32)28-25-31-30-24(36-25)18-5-3-2-4-6-18/h2-14H,15H2,1H3,(H,29,33)(H,28,31,32)/b27-14+. The molecule has 4 aromatic rings. The maximum absolute atomic E-state index is 12.2. The Bertz CT molecular complexity index is 1380. The summed E-state index contributed by atoms with van der Waals surface area (Å²) in [6.07, 6.45) is 1.38. The van der Waals surface area contributed by atoms with Crippen LogP contribution in [0.5, 0.6) is 11.5 Å². The zero-order chi connectivity index (χ0) is 25.3. The summed E-state index contributed by atoms with van der Waals surface area (Å²) in [5.41, 5.74) is 4.63. The number of carbonyl (C=O) groups is 2. The maximum atomic E-state index is 12.2. The fraction of sp³-hybridized carbons (Fsp3) is 0.0800. The van der Waals surface area contributed by atoms with Crippen LogP contribution in [0.15, 0.2) is 77.9 Å². The molecule has 36 heavy (non-hydrogen) atoms. The molecule has 0 aliphatic carbocycles. The molecule has 0 spiro atoms. The minimum absolute atomic E-state index is 0.205. The molecule has 0 unspecified atom stereocenters. The number of anilines is 1. The van der Waals surface area contributed by atoms with Crippen LogP contribution < -0.4 is 20.2 Å². The van der Waals surface area contributed by atoms with Gasteiger partial charge >= 0.3 is 11.8 Å². The maximum Gasteiger partial charge on any atom is 0.329 e. The number of hydrogen-bond acceptors (Lipinski definition) is 8. The number of hydrogen-bond donors (Lipinski definition) is 2. The molecule has 11 heteroatoms. The van der Waals surface area contributed by atoms with Gasteiger partial charge in [-0.05, 0) is 41.5 Å². The summed E-state index contributed by atoms with van der Waals surface area (Å²) in [6, 6.07) is 21.9. The van der Waals surface area contributed by atoms with E-state index in [0.717, 1.165) is 22.5 Å². The molecule has 0 saturated heterocycles. The van der Waals surface area contributed by atoms with Gasteiger partial charge in [-0.1, -0.05) is 65.4 Å². The van der Waals surface area contributed by atoms with Crippen LogP contribution in [0.4, 0.5) is 5.13 Å². The zero-order valence-corrected chi connectivity index (χ0v) is 20.5. The van der Waals surface area contributed by atoms with Crippen LogP contribution in [-0.4, -0.2) is 35.3 Å². The number of ether oxygens (including phenoxy) is 2. The normalized spacial score (nSPS) is 10.7. The van der Waals surface area contributed by atoms with E-state index in [9.17, 15) is 9.59 Å². The Morgan fingerprint density at radius 1 is 1.00 bits per heavy atom. The molecule has 1 heterocycles. The number of benzene rings is 3. The highest BCUT2D eigenvalue weighted by Crippen LogP contribution is 2.29. The summed E-state index contributed by atoms with van der Waals surface area (Å²) in [4.78, 5) is 24.3. The fourth-order valence-corrected chi connectivity index (χ4v) is 3.84. The fourth-order valence-electron chi connectivity index (χ4n) is 2.97. The summed E-state index contributed by atoms with van der Waals surface area (Å²) in [5, 5.41) is 15.7. The Morgan fingerprint density at radius 2 is 1.78 bits per heavy atom. The second-order valence-corrected chi connectivity index (χ2v) is 8.67. The predicted octanol–water partition coefficient (Wildman–Crippen LogP) is 4.53. The summed E-state index contributed by atoms with van der Waals surface area (Å²) >= 11 is 7.06. The largest absolute Gasteiger partial charge is 0.493 e. The third-order valence-electron chi connectivity index (χ3n) is 4.75. The first-order valence-corrected chi connectivity index (χ1v) is 11.8. The van der Waals surface area contributed by atoms with E-state index >= 15 is 0 Å². The van der Waals surface area contributed by atoms with E-state index in [-0.39, 0.29) is 5.13 Å². The van der Waals surface area contributed by atoms with Gasteiger partial charge in [-0.3, -0.25) is 14.9 Å². The van der Waals surface area contributed by atoms with Crippen molar-refractivity contribution in [2.45, 2.75) is 6.61 Å². The van der Waals surface area contributed by atoms with Gasteiger partial charge in [0.05, 0.1) is 13.3 Å². The SMILES string of the molecule is COc1cc(/C=N/NC(=O)C(=O)Nc2nnc(-c3ccccc3)s2)ccc1OCc1ccc(Cl)cc1. The number of amides is 2. The molecule has 0 saturated carbocycles. The van der Waals surface area contributed by atoms with Gasteiger partial charge in [-0.25, -0.2) is 5.43 Å². The highest BCUT2D eigenvalue weighted by Gasteiger charge is 2.16. The molecule has 9 nitrogen and oxygen atoms in total. The lowest BCUT2D eigenvalue weighted by Gasteiger charge is -2.11. The van der Waals surface area contributed by atoms with Crippen LogP contribution >= 0.6 is 22.9 Å². The molecule has 0 fully saturated rings. The average molecular weight is 522 g/mol. The lowest BCUT2D eigenvalue weighted by Crippen LogP contribution is -2.32. The number of nitrogens with one attached hydrogen (secondary N) is 2. The quantitative estimate of drug-likeness (QED) is 0.200. The Kier molecular flexibility index (Phi) is 8.22. The first kappa shape index (κ1) is 24.8. The molecule has 1 aromatic heterocycles. The molecule has 0 aliphatic rings. The minimum atomic E-state index is -0.947. The van der Waals surface area contributed by atoms with Gasteiger partial charge in [0.15, 0.2) is 11.5 Å². The first-order valence-electron chi connectivity index (χ1n) is 10.6. The van der Waals surface area contributed by atoms with Crippen molar-refractivity contribution < 1.29 is 19.1 Å². The highest BCUT2D eigenvalue weighted by atomic mass is 35.5. The Balaban J connectivity index is 1.30. The number of nitrogens with zero attached hydrogens (tertiary/aromatic N) is 3. The number of rotatable bonds is 8. The molecule has 3 aromatic carbocycles. The van der Waals surface area contributed by atoms with Crippen molar-refractivity contribution in [3.63, 3.8) is 0 Å². The van der Waals surface area contributed by atoms with Crippen LogP contribution in [0.1, 0.15) is 11.1 Å². The summed E-state index contributed by atoms with van der Waals surface area (Å²) in [7, 11) is 1.52. The van der Waals surface area contributed by atoms with Crippen molar-refractivity contribution in [2.24, 2.45) is 5.10 Å². The van der Waals surface area contributed by atoms with Gasteiger partial charge in [0.25, 0.3) is 0 Å². The molecule has 2 amide bonds. The van der Waals surface area contributed by atoms with Gasteiger partial charge in [0.1, 0.15) is 11.6 Å². The molecule has 0 radical (unpaired) electrons. The van der Waals surface area contributed by atoms with Gasteiger partial charge in [0.2, 0.25) is 5.13 Å². The minimum Gasteiger partial charge on any atom is -0.493 e. The van der Waals surface area contributed by atoms with E-state index in [2.05, 4.69) is 26.0 Å². The number of carbonyl (C=O) groups excluding carboxylic acids is 2. The lowest BCUT2D eigenvalue weighted by atomic mass is 10.2. The van der Waals surface area contributed by atoms with Crippen molar-refractivity contribution in [1.29, 1.82) is 0 Å². The number of halogens is 1. The van der Waals surface area contributed by atoms with Crippen LogP contribution in [0.3, 0.4) is 0 Å². The molecular weight excluding hydrogens is 502 g/mol. The van der Waals surface area contributed by atoms with Crippen molar-refractivity contribution in [3.05, 3.63) is 88.9 Å². The zero-order valence-electron chi connectivity index (χ0n) is 19.0. The molecule has 0 aliphatic heterocycles. The number of hydrazone groups is 1. The third-order valence-corrected chi connectivity index (χ3v) is 5.89. The van der Waals surface area contributed by atoms with Crippen LogP contribution in [0.25, 0.3) is 10.6 Å². The molecule has 2 N–H and O–H groups in total. The van der Waals surface area contributed by atoms with Crippen LogP contribution in [-0.2, 0) is 16.2 Å². The number of aromatic nitrogens is 2. The van der Waals surface area contributed by atoms with Gasteiger partial charge in [-0.2, -0.15) is 5.10 Å².